The molecule has 0 bridgehead atoms. The normalized spacial score (nSPS) is 11.8. The maximum absolute atomic E-state index is 13.1. The summed E-state index contributed by atoms with van der Waals surface area (Å²) in [5, 5.41) is 15.7. The van der Waals surface area contributed by atoms with E-state index in [9.17, 15) is 14.3 Å². The molecule has 0 spiro atoms. The van der Waals surface area contributed by atoms with E-state index in [2.05, 4.69) is 15.5 Å². The third-order valence-electron chi connectivity index (χ3n) is 5.02. The SMILES string of the molecule is CC(C)c1cc(/C=N/Nc2nc3ccccc3s2)cc(/C=C/C(=O)c2ccc(F)cc2)c1O. The number of aromatic hydroxyl groups is 1. The highest BCUT2D eigenvalue weighted by Crippen LogP contribution is 2.31. The highest BCUT2D eigenvalue weighted by Gasteiger charge is 2.12. The number of aromatic nitrogens is 1. The Kier molecular flexibility index (Phi) is 6.60. The van der Waals surface area contributed by atoms with E-state index in [1.54, 1.807) is 18.4 Å². The van der Waals surface area contributed by atoms with E-state index in [0.29, 0.717) is 16.3 Å². The molecular formula is C26H22FN3O2S. The van der Waals surface area contributed by atoms with Crippen molar-refractivity contribution in [2.75, 3.05) is 5.43 Å². The van der Waals surface area contributed by atoms with Crippen molar-refractivity contribution >= 4 is 44.8 Å². The number of benzene rings is 3. The van der Waals surface area contributed by atoms with Crippen LogP contribution in [0.3, 0.4) is 0 Å². The van der Waals surface area contributed by atoms with Gasteiger partial charge in [-0.1, -0.05) is 37.3 Å². The zero-order valence-electron chi connectivity index (χ0n) is 18.1. The van der Waals surface area contributed by atoms with Crippen molar-refractivity contribution in [1.29, 1.82) is 0 Å². The van der Waals surface area contributed by atoms with Crippen LogP contribution in [0.5, 0.6) is 5.75 Å². The van der Waals surface area contributed by atoms with Crippen LogP contribution in [0.1, 0.15) is 46.8 Å². The van der Waals surface area contributed by atoms with Crippen molar-refractivity contribution < 1.29 is 14.3 Å². The first-order chi connectivity index (χ1) is 15.9. The number of allylic oxidation sites excluding steroid dienone is 1. The van der Waals surface area contributed by atoms with Gasteiger partial charge in [0, 0.05) is 11.1 Å². The smallest absolute Gasteiger partial charge is 0.204 e. The molecule has 3 aromatic carbocycles. The highest BCUT2D eigenvalue weighted by atomic mass is 32.1. The number of halogens is 1. The first-order valence-electron chi connectivity index (χ1n) is 10.4. The Bertz CT molecular complexity index is 1320. The van der Waals surface area contributed by atoms with Gasteiger partial charge in [0.25, 0.3) is 0 Å². The first kappa shape index (κ1) is 22.4. The number of phenolic OH excluding ortho intramolecular Hbond substituents is 1. The maximum atomic E-state index is 13.1. The molecule has 7 heteroatoms. The van der Waals surface area contributed by atoms with Crippen LogP contribution in [-0.4, -0.2) is 22.1 Å². The number of fused-ring (bicyclic) bond motifs is 1. The molecule has 4 rings (SSSR count). The maximum Gasteiger partial charge on any atom is 0.204 e. The molecule has 4 aromatic rings. The minimum absolute atomic E-state index is 0.0653. The third kappa shape index (κ3) is 5.32. The molecule has 166 valence electrons. The van der Waals surface area contributed by atoms with E-state index in [-0.39, 0.29) is 17.5 Å². The average molecular weight is 460 g/mol. The molecule has 0 amide bonds. The van der Waals surface area contributed by atoms with Gasteiger partial charge >= 0.3 is 0 Å². The molecule has 0 saturated carbocycles. The van der Waals surface area contributed by atoms with Crippen molar-refractivity contribution in [3.05, 3.63) is 94.8 Å². The number of hydrogen-bond acceptors (Lipinski definition) is 6. The fourth-order valence-electron chi connectivity index (χ4n) is 3.30. The van der Waals surface area contributed by atoms with Crippen molar-refractivity contribution in [2.45, 2.75) is 19.8 Å². The Labute approximate surface area is 194 Å². The zero-order chi connectivity index (χ0) is 23.4. The van der Waals surface area contributed by atoms with Gasteiger partial charge in [-0.2, -0.15) is 5.10 Å². The largest absolute Gasteiger partial charge is 0.507 e. The number of carbonyl (C=O) groups excluding carboxylic acids is 1. The Morgan fingerprint density at radius 1 is 1.15 bits per heavy atom. The molecule has 0 aliphatic heterocycles. The first-order valence-corrected chi connectivity index (χ1v) is 11.2. The lowest BCUT2D eigenvalue weighted by Crippen LogP contribution is -1.97. The second-order valence-corrected chi connectivity index (χ2v) is 8.79. The number of ketones is 1. The van der Waals surface area contributed by atoms with Gasteiger partial charge in [0.15, 0.2) is 5.78 Å². The Balaban J connectivity index is 1.57. The topological polar surface area (TPSA) is 74.6 Å². The second-order valence-electron chi connectivity index (χ2n) is 7.76. The van der Waals surface area contributed by atoms with Gasteiger partial charge in [0.2, 0.25) is 5.13 Å². The summed E-state index contributed by atoms with van der Waals surface area (Å²) in [6.45, 7) is 3.96. The van der Waals surface area contributed by atoms with Gasteiger partial charge < -0.3 is 5.11 Å². The molecule has 0 fully saturated rings. The molecule has 0 unspecified atom stereocenters. The van der Waals surface area contributed by atoms with Crippen LogP contribution < -0.4 is 5.43 Å². The minimum Gasteiger partial charge on any atom is -0.507 e. The predicted molar refractivity (Wildman–Crippen MR) is 133 cm³/mol. The molecule has 5 nitrogen and oxygen atoms in total. The molecule has 1 aromatic heterocycles. The Hall–Kier alpha value is -3.84. The number of para-hydroxylation sites is 1. The lowest BCUT2D eigenvalue weighted by atomic mass is 9.96. The number of carbonyl (C=O) groups is 1. The summed E-state index contributed by atoms with van der Waals surface area (Å²) >= 11 is 1.51. The van der Waals surface area contributed by atoms with Crippen molar-refractivity contribution in [3.63, 3.8) is 0 Å². The monoisotopic (exact) mass is 459 g/mol. The van der Waals surface area contributed by atoms with E-state index in [1.807, 2.05) is 44.2 Å². The number of rotatable bonds is 7. The number of phenols is 1. The fourth-order valence-corrected chi connectivity index (χ4v) is 4.12. The lowest BCUT2D eigenvalue weighted by Gasteiger charge is -2.12. The van der Waals surface area contributed by atoms with Crippen molar-refractivity contribution in [1.82, 2.24) is 4.98 Å². The molecule has 2 N–H and O–H groups in total. The quantitative estimate of drug-likeness (QED) is 0.141. The highest BCUT2D eigenvalue weighted by molar-refractivity contribution is 7.22. The fraction of sp³-hybridized carbons (Fsp3) is 0.115. The van der Waals surface area contributed by atoms with Crippen LogP contribution in [-0.2, 0) is 0 Å². The summed E-state index contributed by atoms with van der Waals surface area (Å²) in [7, 11) is 0. The summed E-state index contributed by atoms with van der Waals surface area (Å²) in [5.74, 6) is -0.502. The number of anilines is 1. The second kappa shape index (κ2) is 9.75. The van der Waals surface area contributed by atoms with Crippen LogP contribution in [0, 0.1) is 5.82 Å². The summed E-state index contributed by atoms with van der Waals surface area (Å²) in [6.07, 6.45) is 4.58. The standard InChI is InChI=1S/C26H22FN3O2S/c1-16(2)21-14-17(15-28-30-26-29-22-5-3-4-6-24(22)33-26)13-19(25(21)32)9-12-23(31)18-7-10-20(27)11-8-18/h3-16,32H,1-2H3,(H,29,30)/b12-9+,28-15+. The molecule has 1 heterocycles. The number of hydrazone groups is 1. The number of hydrogen-bond donors (Lipinski definition) is 2. The van der Waals surface area contributed by atoms with E-state index in [4.69, 9.17) is 0 Å². The third-order valence-corrected chi connectivity index (χ3v) is 5.96. The van der Waals surface area contributed by atoms with Gasteiger partial charge in [-0.05, 0) is 77.7 Å². The van der Waals surface area contributed by atoms with Crippen LogP contribution in [0.4, 0.5) is 9.52 Å². The zero-order valence-corrected chi connectivity index (χ0v) is 18.9. The van der Waals surface area contributed by atoms with Gasteiger partial charge in [0.05, 0.1) is 16.4 Å². The molecule has 33 heavy (non-hydrogen) atoms. The summed E-state index contributed by atoms with van der Waals surface area (Å²) in [5.41, 5.74) is 6.23. The summed E-state index contributed by atoms with van der Waals surface area (Å²) in [6, 6.07) is 16.8. The Morgan fingerprint density at radius 3 is 2.64 bits per heavy atom. The van der Waals surface area contributed by atoms with E-state index in [1.165, 1.54) is 41.7 Å². The molecule has 0 saturated heterocycles. The van der Waals surface area contributed by atoms with Crippen LogP contribution in [0.25, 0.3) is 16.3 Å². The van der Waals surface area contributed by atoms with E-state index in [0.717, 1.165) is 21.3 Å². The van der Waals surface area contributed by atoms with Crippen LogP contribution >= 0.6 is 11.3 Å². The minimum atomic E-state index is -0.402. The molecule has 0 aliphatic rings. The van der Waals surface area contributed by atoms with Crippen LogP contribution in [0.2, 0.25) is 0 Å². The summed E-state index contributed by atoms with van der Waals surface area (Å²) in [4.78, 5) is 16.9. The molecule has 0 aliphatic carbocycles. The number of nitrogens with zero attached hydrogens (tertiary/aromatic N) is 2. The van der Waals surface area contributed by atoms with E-state index < -0.39 is 5.82 Å². The molecule has 0 atom stereocenters. The van der Waals surface area contributed by atoms with Gasteiger partial charge in [-0.3, -0.25) is 10.2 Å². The Morgan fingerprint density at radius 2 is 1.91 bits per heavy atom. The molecular weight excluding hydrogens is 437 g/mol. The predicted octanol–water partition coefficient (Wildman–Crippen LogP) is 6.61. The number of thiazole rings is 1. The summed E-state index contributed by atoms with van der Waals surface area (Å²) < 4.78 is 14.2. The molecule has 0 radical (unpaired) electrons. The van der Waals surface area contributed by atoms with E-state index >= 15 is 0 Å². The van der Waals surface area contributed by atoms with Gasteiger partial charge in [0.1, 0.15) is 11.6 Å². The average Bonchev–Trinajstić information content (AvgIpc) is 3.22. The van der Waals surface area contributed by atoms with Gasteiger partial charge in [-0.15, -0.1) is 0 Å². The van der Waals surface area contributed by atoms with Crippen LogP contribution in [0.15, 0.2) is 71.8 Å². The number of nitrogens with one attached hydrogen (secondary N) is 1. The lowest BCUT2D eigenvalue weighted by molar-refractivity contribution is 0.104. The van der Waals surface area contributed by atoms with Crippen molar-refractivity contribution in [2.24, 2.45) is 5.10 Å². The van der Waals surface area contributed by atoms with Gasteiger partial charge in [-0.25, -0.2) is 9.37 Å². The van der Waals surface area contributed by atoms with Crippen molar-refractivity contribution in [3.8, 4) is 5.75 Å².